The number of aryl methyl sites for hydroxylation is 2. The SMILES string of the molecule is CC(C)n1ccc(S(=O)(=O)N=C([O-])[n+]2ccc(N(C)C)cc2)n1.Cc1ccc(-c2cc(F)cc(C(C)C)c2N)cn1.Cc1ccc(-c2cc(F)cc(C(C)C)c2NC(=O)NS(=O)(=O)c2ccn(C(C)C)n2)cn1. The third kappa shape index (κ3) is 14.8. The Hall–Kier alpha value is -7.59. The molecule has 0 atom stereocenters. The normalized spacial score (nSPS) is 11.8. The lowest BCUT2D eigenvalue weighted by molar-refractivity contribution is -0.613. The van der Waals surface area contributed by atoms with E-state index in [2.05, 4.69) is 29.9 Å². The number of anilines is 3. The molecule has 388 valence electrons. The second-order valence-corrected chi connectivity index (χ2v) is 21.5. The topological polar surface area (TPSA) is 239 Å². The highest BCUT2D eigenvalue weighted by molar-refractivity contribution is 7.90. The maximum atomic E-state index is 14.4. The summed E-state index contributed by atoms with van der Waals surface area (Å²) in [6.45, 7) is 18.9. The number of nitrogens with one attached hydrogen (secondary N) is 2. The fourth-order valence-corrected chi connectivity index (χ4v) is 8.58. The van der Waals surface area contributed by atoms with Gasteiger partial charge in [-0.1, -0.05) is 39.8 Å². The van der Waals surface area contributed by atoms with Crippen LogP contribution in [0.15, 0.2) is 124 Å². The quantitative estimate of drug-likeness (QED) is 0.0454. The van der Waals surface area contributed by atoms with Gasteiger partial charge in [0.1, 0.15) is 11.6 Å². The van der Waals surface area contributed by atoms with E-state index < -0.39 is 37.9 Å². The molecular formula is C51H62F2N12O6S2. The first-order valence-electron chi connectivity index (χ1n) is 23.1. The number of nitrogens with two attached hydrogens (primary N) is 1. The van der Waals surface area contributed by atoms with Crippen molar-refractivity contribution < 1.29 is 40.1 Å². The van der Waals surface area contributed by atoms with E-state index in [1.54, 1.807) is 36.7 Å². The Morgan fingerprint density at radius 1 is 0.712 bits per heavy atom. The molecule has 5 heterocycles. The van der Waals surface area contributed by atoms with E-state index >= 15 is 0 Å². The van der Waals surface area contributed by atoms with Gasteiger partial charge in [0.2, 0.25) is 5.03 Å². The fourth-order valence-electron chi connectivity index (χ4n) is 6.91. The lowest BCUT2D eigenvalue weighted by Gasteiger charge is -2.19. The molecule has 2 amide bonds. The van der Waals surface area contributed by atoms with Gasteiger partial charge in [0.05, 0.1) is 18.1 Å². The molecule has 0 aliphatic rings. The van der Waals surface area contributed by atoms with Crippen molar-refractivity contribution in [1.82, 2.24) is 34.3 Å². The van der Waals surface area contributed by atoms with Gasteiger partial charge >= 0.3 is 16.1 Å². The Labute approximate surface area is 425 Å². The summed E-state index contributed by atoms with van der Waals surface area (Å²) in [6.07, 6.45) is 9.29. The van der Waals surface area contributed by atoms with Gasteiger partial charge in [-0.25, -0.2) is 22.9 Å². The minimum atomic E-state index is -4.20. The number of pyridine rings is 3. The average Bonchev–Trinajstić information content (AvgIpc) is 4.04. The second kappa shape index (κ2) is 23.8. The number of nitrogens with zero attached hydrogens (tertiary/aromatic N) is 9. The molecule has 5 aromatic heterocycles. The number of rotatable bonds is 12. The zero-order valence-corrected chi connectivity index (χ0v) is 44.5. The van der Waals surface area contributed by atoms with E-state index in [1.165, 1.54) is 70.5 Å². The van der Waals surface area contributed by atoms with E-state index in [-0.39, 0.29) is 39.8 Å². The number of amides is 2. The Bertz CT molecular complexity index is 3280. The Morgan fingerprint density at radius 3 is 1.66 bits per heavy atom. The number of carbonyl (C=O) groups is 1. The first-order chi connectivity index (χ1) is 34.2. The summed E-state index contributed by atoms with van der Waals surface area (Å²) in [4.78, 5) is 23.0. The van der Waals surface area contributed by atoms with Gasteiger partial charge in [-0.2, -0.15) is 27.0 Å². The molecule has 73 heavy (non-hydrogen) atoms. The van der Waals surface area contributed by atoms with E-state index in [1.807, 2.05) is 105 Å². The third-order valence-corrected chi connectivity index (χ3v) is 13.3. The molecule has 0 spiro atoms. The minimum absolute atomic E-state index is 0.0163. The summed E-state index contributed by atoms with van der Waals surface area (Å²) in [5, 5.41) is 22.0. The number of carbonyl (C=O) groups excluding carboxylic acids is 1. The minimum Gasteiger partial charge on any atom is -0.806 e. The smallest absolute Gasteiger partial charge is 0.388 e. The van der Waals surface area contributed by atoms with E-state index in [0.29, 0.717) is 33.6 Å². The maximum Gasteiger partial charge on any atom is 0.388 e. The molecule has 18 nitrogen and oxygen atoms in total. The summed E-state index contributed by atoms with van der Waals surface area (Å²) in [6, 6.07) is 17.1. The maximum absolute atomic E-state index is 14.4. The van der Waals surface area contributed by atoms with Crippen molar-refractivity contribution in [2.24, 2.45) is 4.40 Å². The number of aromatic nitrogens is 7. The fraction of sp³-hybridized carbons (Fsp3) is 0.314. The van der Waals surface area contributed by atoms with Crippen LogP contribution in [0, 0.1) is 25.5 Å². The van der Waals surface area contributed by atoms with Gasteiger partial charge in [0.25, 0.3) is 16.0 Å². The van der Waals surface area contributed by atoms with Crippen molar-refractivity contribution >= 4 is 49.2 Å². The number of nitrogen functional groups attached to an aromatic ring is 1. The van der Waals surface area contributed by atoms with Crippen molar-refractivity contribution in [3.8, 4) is 22.3 Å². The van der Waals surface area contributed by atoms with Crippen LogP contribution < -0.4 is 30.3 Å². The third-order valence-electron chi connectivity index (χ3n) is 11.0. The van der Waals surface area contributed by atoms with Crippen molar-refractivity contribution in [3.05, 3.63) is 144 Å². The number of halogens is 2. The summed E-state index contributed by atoms with van der Waals surface area (Å²) < 4.78 is 86.9. The van der Waals surface area contributed by atoms with Crippen LogP contribution in [0.3, 0.4) is 0 Å². The Morgan fingerprint density at radius 2 is 1.19 bits per heavy atom. The molecule has 22 heteroatoms. The average molecular weight is 1040 g/mol. The highest BCUT2D eigenvalue weighted by Gasteiger charge is 2.25. The van der Waals surface area contributed by atoms with Crippen LogP contribution >= 0.6 is 0 Å². The van der Waals surface area contributed by atoms with Crippen LogP contribution in [0.4, 0.5) is 30.6 Å². The van der Waals surface area contributed by atoms with E-state index in [9.17, 15) is 35.5 Å². The summed E-state index contributed by atoms with van der Waals surface area (Å²) >= 11 is 0. The zero-order chi connectivity index (χ0) is 54.1. The van der Waals surface area contributed by atoms with Gasteiger partial charge in [-0.15, -0.1) is 0 Å². The highest BCUT2D eigenvalue weighted by atomic mass is 32.2. The van der Waals surface area contributed by atoms with Crippen molar-refractivity contribution in [1.29, 1.82) is 0 Å². The number of hydrogen-bond acceptors (Lipinski definition) is 12. The zero-order valence-electron chi connectivity index (χ0n) is 42.8. The van der Waals surface area contributed by atoms with E-state index in [4.69, 9.17) is 5.73 Å². The van der Waals surface area contributed by atoms with Crippen LogP contribution in [-0.2, 0) is 20.0 Å². The largest absolute Gasteiger partial charge is 0.806 e. The molecule has 0 aliphatic carbocycles. The summed E-state index contributed by atoms with van der Waals surface area (Å²) in [7, 11) is -4.61. The predicted octanol–water partition coefficient (Wildman–Crippen LogP) is 8.28. The number of hydrogen-bond donors (Lipinski definition) is 3. The predicted molar refractivity (Wildman–Crippen MR) is 277 cm³/mol. The number of benzene rings is 2. The van der Waals surface area contributed by atoms with Crippen molar-refractivity contribution in [2.45, 2.75) is 103 Å². The molecule has 7 aromatic rings. The van der Waals surface area contributed by atoms with Crippen LogP contribution in [0.2, 0.25) is 0 Å². The first kappa shape index (κ1) is 56.3. The monoisotopic (exact) mass is 1040 g/mol. The molecule has 0 fully saturated rings. The molecule has 0 aliphatic heterocycles. The van der Waals surface area contributed by atoms with Gasteiger partial charge in [0.15, 0.2) is 5.03 Å². The van der Waals surface area contributed by atoms with Gasteiger partial charge in [-0.05, 0) is 113 Å². The van der Waals surface area contributed by atoms with Crippen molar-refractivity contribution in [3.63, 3.8) is 0 Å². The molecule has 0 saturated heterocycles. The molecule has 0 bridgehead atoms. The molecule has 0 unspecified atom stereocenters. The van der Waals surface area contributed by atoms with Crippen LogP contribution in [-0.4, -0.2) is 72.5 Å². The lowest BCUT2D eigenvalue weighted by atomic mass is 9.94. The lowest BCUT2D eigenvalue weighted by Crippen LogP contribution is -2.51. The summed E-state index contributed by atoms with van der Waals surface area (Å²) in [5.41, 5.74) is 13.6. The van der Waals surface area contributed by atoms with Gasteiger partial charge in [-0.3, -0.25) is 19.3 Å². The molecule has 2 aromatic carbocycles. The number of sulfonamides is 2. The second-order valence-electron chi connectivity index (χ2n) is 18.3. The Kier molecular flexibility index (Phi) is 18.3. The first-order valence-corrected chi connectivity index (χ1v) is 26.0. The van der Waals surface area contributed by atoms with Crippen LogP contribution in [0.5, 0.6) is 0 Å². The van der Waals surface area contributed by atoms with Gasteiger partial charge in [0, 0.05) is 113 Å². The summed E-state index contributed by atoms with van der Waals surface area (Å²) in [5.74, 6) is -0.681. The Balaban J connectivity index is 0.000000212. The van der Waals surface area contributed by atoms with Gasteiger partial charge < -0.3 is 21.1 Å². The molecule has 7 rings (SSSR count). The highest BCUT2D eigenvalue weighted by Crippen LogP contribution is 2.36. The molecule has 0 saturated carbocycles. The standard InChI is InChI=1S/C22H26FN5O3S.C15H17FN2.C14H19N5O3S/c1-13(2)18-10-17(23)11-19(16-7-6-15(5)24-12-16)21(18)25-22(29)27-32(30,31)20-8-9-28(26-20)14(3)4;1-9(2)13-6-12(16)7-14(15(13)17)11-5-4-10(3)18-8-11;1-11(2)19-10-7-13(15-19)23(21,22)16-14(20)18-8-5-12(6-9-18)17(3)4/h6-14H,1-5H3,(H2,25,27,29);4-9H,17H2,1-3H3;5-11H,1-4H3. The number of urea groups is 1. The van der Waals surface area contributed by atoms with Crippen LogP contribution in [0.25, 0.3) is 22.3 Å². The molecular weight excluding hydrogens is 979 g/mol. The van der Waals surface area contributed by atoms with Crippen LogP contribution in [0.1, 0.15) is 102 Å². The molecule has 0 radical (unpaired) electrons. The van der Waals surface area contributed by atoms with Crippen molar-refractivity contribution in [2.75, 3.05) is 30.0 Å². The molecule has 4 N–H and O–H groups in total. The van der Waals surface area contributed by atoms with E-state index in [0.717, 1.165) is 32.8 Å².